The van der Waals surface area contributed by atoms with Crippen LogP contribution in [0.1, 0.15) is 52.9 Å². The first kappa shape index (κ1) is 26.2. The molecule has 0 aromatic heterocycles. The molecule has 0 saturated heterocycles. The van der Waals surface area contributed by atoms with Gasteiger partial charge in [-0.3, -0.25) is 0 Å². The third-order valence-electron chi connectivity index (χ3n) is 4.96. The van der Waals surface area contributed by atoms with Crippen molar-refractivity contribution in [2.24, 2.45) is 11.3 Å². The van der Waals surface area contributed by atoms with E-state index in [1.54, 1.807) is 42.7 Å². The van der Waals surface area contributed by atoms with E-state index in [0.29, 0.717) is 11.3 Å². The van der Waals surface area contributed by atoms with Crippen LogP contribution in [0.15, 0.2) is 0 Å². The highest BCUT2D eigenvalue weighted by Crippen LogP contribution is 2.32. The SMILES string of the molecule is CO[Si](CCCC(CCC[Si](OC)(OC)OC)CC(C)(C)C)(OC)OC. The number of hydrogen-bond donors (Lipinski definition) is 0. The zero-order valence-electron chi connectivity index (χ0n) is 18.5. The highest BCUT2D eigenvalue weighted by molar-refractivity contribution is 6.60. The van der Waals surface area contributed by atoms with Crippen LogP contribution in [0.5, 0.6) is 0 Å². The maximum absolute atomic E-state index is 5.54. The van der Waals surface area contributed by atoms with Crippen molar-refractivity contribution in [1.29, 1.82) is 0 Å². The van der Waals surface area contributed by atoms with Crippen LogP contribution < -0.4 is 0 Å². The Kier molecular flexibility index (Phi) is 12.7. The van der Waals surface area contributed by atoms with E-state index in [2.05, 4.69) is 20.8 Å². The van der Waals surface area contributed by atoms with Gasteiger partial charge in [0.1, 0.15) is 0 Å². The lowest BCUT2D eigenvalue weighted by Crippen LogP contribution is -2.42. The lowest BCUT2D eigenvalue weighted by molar-refractivity contribution is 0.120. The Morgan fingerprint density at radius 1 is 0.615 bits per heavy atom. The molecule has 0 aliphatic rings. The Labute approximate surface area is 163 Å². The van der Waals surface area contributed by atoms with Crippen molar-refractivity contribution in [1.82, 2.24) is 0 Å². The van der Waals surface area contributed by atoms with Gasteiger partial charge in [0, 0.05) is 54.7 Å². The minimum Gasteiger partial charge on any atom is -0.377 e. The lowest BCUT2D eigenvalue weighted by atomic mass is 9.81. The molecule has 0 bridgehead atoms. The quantitative estimate of drug-likeness (QED) is 0.374. The summed E-state index contributed by atoms with van der Waals surface area (Å²) >= 11 is 0. The Morgan fingerprint density at radius 2 is 0.923 bits per heavy atom. The normalized spacial score (nSPS) is 13.6. The van der Waals surface area contributed by atoms with Crippen molar-refractivity contribution in [2.45, 2.75) is 65.0 Å². The van der Waals surface area contributed by atoms with Crippen LogP contribution in [0, 0.1) is 11.3 Å². The number of rotatable bonds is 15. The monoisotopic (exact) mass is 410 g/mol. The molecular formula is C18H42O6Si2. The van der Waals surface area contributed by atoms with Crippen molar-refractivity contribution in [3.05, 3.63) is 0 Å². The molecule has 8 heteroatoms. The molecule has 0 aromatic rings. The molecule has 0 rings (SSSR count). The second kappa shape index (κ2) is 12.6. The van der Waals surface area contributed by atoms with E-state index < -0.39 is 17.6 Å². The summed E-state index contributed by atoms with van der Waals surface area (Å²) in [7, 11) is 5.11. The molecule has 0 fully saturated rings. The second-order valence-electron chi connectivity index (χ2n) is 8.01. The van der Waals surface area contributed by atoms with Crippen LogP contribution in [-0.2, 0) is 26.6 Å². The van der Waals surface area contributed by atoms with Gasteiger partial charge in [-0.1, -0.05) is 33.6 Å². The fourth-order valence-electron chi connectivity index (χ4n) is 3.54. The van der Waals surface area contributed by atoms with Gasteiger partial charge in [-0.2, -0.15) is 0 Å². The van der Waals surface area contributed by atoms with Gasteiger partial charge < -0.3 is 26.6 Å². The standard InChI is InChI=1S/C18H42O6Si2/c1-18(2,3)16-17(12-10-14-25(19-4,20-5)21-6)13-11-15-26(22-7,23-8)24-9/h17H,10-16H2,1-9H3. The van der Waals surface area contributed by atoms with Crippen LogP contribution in [0.2, 0.25) is 12.1 Å². The largest absolute Gasteiger partial charge is 0.500 e. The number of hydrogen-bond acceptors (Lipinski definition) is 6. The molecule has 0 aromatic carbocycles. The smallest absolute Gasteiger partial charge is 0.377 e. The van der Waals surface area contributed by atoms with E-state index in [9.17, 15) is 0 Å². The van der Waals surface area contributed by atoms with Gasteiger partial charge >= 0.3 is 17.6 Å². The minimum absolute atomic E-state index is 0.307. The van der Waals surface area contributed by atoms with E-state index in [1.807, 2.05) is 0 Å². The van der Waals surface area contributed by atoms with Gasteiger partial charge in [-0.25, -0.2) is 0 Å². The molecule has 0 saturated carbocycles. The van der Waals surface area contributed by atoms with E-state index in [0.717, 1.165) is 37.8 Å². The van der Waals surface area contributed by atoms with Gasteiger partial charge in [0.25, 0.3) is 0 Å². The fraction of sp³-hybridized carbons (Fsp3) is 1.00. The van der Waals surface area contributed by atoms with Crippen LogP contribution in [0.25, 0.3) is 0 Å². The lowest BCUT2D eigenvalue weighted by Gasteiger charge is -2.29. The van der Waals surface area contributed by atoms with Crippen LogP contribution in [-0.4, -0.2) is 60.3 Å². The molecule has 0 amide bonds. The Balaban J connectivity index is 4.67. The van der Waals surface area contributed by atoms with Crippen molar-refractivity contribution < 1.29 is 26.6 Å². The third kappa shape index (κ3) is 9.41. The van der Waals surface area contributed by atoms with Crippen LogP contribution >= 0.6 is 0 Å². The Morgan fingerprint density at radius 3 is 1.15 bits per heavy atom. The molecule has 0 radical (unpaired) electrons. The van der Waals surface area contributed by atoms with E-state index in [1.165, 1.54) is 6.42 Å². The highest BCUT2D eigenvalue weighted by Gasteiger charge is 2.38. The average molecular weight is 411 g/mol. The summed E-state index contributed by atoms with van der Waals surface area (Å²) < 4.78 is 33.2. The van der Waals surface area contributed by atoms with Gasteiger partial charge in [-0.05, 0) is 30.6 Å². The molecule has 0 N–H and O–H groups in total. The van der Waals surface area contributed by atoms with Gasteiger partial charge in [0.05, 0.1) is 0 Å². The first-order chi connectivity index (χ1) is 12.1. The summed E-state index contributed by atoms with van der Waals surface area (Å²) in [6, 6.07) is 1.70. The summed E-state index contributed by atoms with van der Waals surface area (Å²) in [5.41, 5.74) is 0.307. The topological polar surface area (TPSA) is 55.4 Å². The van der Waals surface area contributed by atoms with Gasteiger partial charge in [0.15, 0.2) is 0 Å². The molecule has 0 unspecified atom stereocenters. The van der Waals surface area contributed by atoms with Crippen molar-refractivity contribution in [3.8, 4) is 0 Å². The van der Waals surface area contributed by atoms with Gasteiger partial charge in [-0.15, -0.1) is 0 Å². The molecule has 0 aliphatic heterocycles. The molecule has 0 atom stereocenters. The molecule has 26 heavy (non-hydrogen) atoms. The second-order valence-corrected chi connectivity index (χ2v) is 14.2. The summed E-state index contributed by atoms with van der Waals surface area (Å²) in [4.78, 5) is 0. The summed E-state index contributed by atoms with van der Waals surface area (Å²) in [6.07, 6.45) is 5.57. The fourth-order valence-corrected chi connectivity index (χ4v) is 7.04. The predicted molar refractivity (Wildman–Crippen MR) is 109 cm³/mol. The van der Waals surface area contributed by atoms with Gasteiger partial charge in [0.2, 0.25) is 0 Å². The van der Waals surface area contributed by atoms with Crippen molar-refractivity contribution in [2.75, 3.05) is 42.7 Å². The molecule has 158 valence electrons. The first-order valence-electron chi connectivity index (χ1n) is 9.46. The Bertz CT molecular complexity index is 312. The molecule has 0 heterocycles. The van der Waals surface area contributed by atoms with E-state index >= 15 is 0 Å². The Hall–Kier alpha value is 0.194. The minimum atomic E-state index is -2.47. The average Bonchev–Trinajstić information content (AvgIpc) is 2.62. The molecule has 6 nitrogen and oxygen atoms in total. The van der Waals surface area contributed by atoms with E-state index in [-0.39, 0.29) is 0 Å². The highest BCUT2D eigenvalue weighted by atomic mass is 28.4. The predicted octanol–water partition coefficient (Wildman–Crippen LogP) is 4.36. The summed E-state index contributed by atoms with van der Waals surface area (Å²) in [5, 5.41) is 0. The zero-order chi connectivity index (χ0) is 20.3. The third-order valence-corrected chi connectivity index (χ3v) is 10.6. The van der Waals surface area contributed by atoms with E-state index in [4.69, 9.17) is 26.6 Å². The van der Waals surface area contributed by atoms with Crippen molar-refractivity contribution >= 4 is 17.6 Å². The first-order valence-corrected chi connectivity index (χ1v) is 13.3. The molecular weight excluding hydrogens is 368 g/mol. The van der Waals surface area contributed by atoms with Crippen LogP contribution in [0.4, 0.5) is 0 Å². The molecule has 0 aliphatic carbocycles. The maximum Gasteiger partial charge on any atom is 0.500 e. The summed E-state index contributed by atoms with van der Waals surface area (Å²) in [5.74, 6) is 0.643. The maximum atomic E-state index is 5.54. The zero-order valence-corrected chi connectivity index (χ0v) is 20.5. The summed E-state index contributed by atoms with van der Waals surface area (Å²) in [6.45, 7) is 6.91. The molecule has 0 spiro atoms. The van der Waals surface area contributed by atoms with Crippen LogP contribution in [0.3, 0.4) is 0 Å². The van der Waals surface area contributed by atoms with Crippen molar-refractivity contribution in [3.63, 3.8) is 0 Å².